The van der Waals surface area contributed by atoms with E-state index in [0.29, 0.717) is 11.6 Å². The average molecular weight is 239 g/mol. The van der Waals surface area contributed by atoms with Crippen LogP contribution in [0.2, 0.25) is 0 Å². The van der Waals surface area contributed by atoms with E-state index in [1.807, 2.05) is 18.2 Å². The summed E-state index contributed by atoms with van der Waals surface area (Å²) < 4.78 is 5.49. The van der Waals surface area contributed by atoms with Crippen LogP contribution in [0.1, 0.15) is 0 Å². The molecule has 0 spiro atoms. The maximum atomic E-state index is 5.49. The zero-order valence-corrected chi connectivity index (χ0v) is 9.32. The molecule has 18 heavy (non-hydrogen) atoms. The van der Waals surface area contributed by atoms with Crippen LogP contribution in [-0.2, 0) is 0 Å². The highest BCUT2D eigenvalue weighted by Crippen LogP contribution is 2.24. The van der Waals surface area contributed by atoms with Crippen molar-refractivity contribution in [3.63, 3.8) is 0 Å². The fourth-order valence-electron chi connectivity index (χ4n) is 1.53. The molecule has 0 saturated heterocycles. The van der Waals surface area contributed by atoms with Crippen molar-refractivity contribution in [1.29, 1.82) is 0 Å². The third-order valence-electron chi connectivity index (χ3n) is 2.32. The molecule has 3 rings (SSSR count). The first-order valence-corrected chi connectivity index (χ1v) is 5.31. The Balaban J connectivity index is 1.90. The fraction of sp³-hybridized carbons (Fsp3) is 0. The summed E-state index contributed by atoms with van der Waals surface area (Å²) in [5.41, 5.74) is 1.92. The second-order valence-electron chi connectivity index (χ2n) is 3.56. The first-order chi connectivity index (χ1) is 8.92. The maximum absolute atomic E-state index is 5.49. The monoisotopic (exact) mass is 239 g/mol. The van der Waals surface area contributed by atoms with Crippen molar-refractivity contribution < 1.29 is 4.74 Å². The second kappa shape index (κ2) is 4.62. The first-order valence-electron chi connectivity index (χ1n) is 5.31. The van der Waals surface area contributed by atoms with E-state index in [9.17, 15) is 0 Å². The van der Waals surface area contributed by atoms with Gasteiger partial charge in [0, 0.05) is 29.7 Å². The predicted molar refractivity (Wildman–Crippen MR) is 63.9 cm³/mol. The summed E-state index contributed by atoms with van der Waals surface area (Å²) in [6, 6.07) is 5.71. The highest BCUT2D eigenvalue weighted by molar-refractivity contribution is 5.62. The molecule has 0 unspecified atom stereocenters. The number of H-pyrrole nitrogens is 1. The van der Waals surface area contributed by atoms with Crippen LogP contribution in [-0.4, -0.2) is 25.4 Å². The van der Waals surface area contributed by atoms with Gasteiger partial charge in [-0.15, -0.1) is 5.10 Å². The molecule has 0 amide bonds. The normalized spacial score (nSPS) is 10.2. The van der Waals surface area contributed by atoms with Gasteiger partial charge >= 0.3 is 0 Å². The molecule has 1 N–H and O–H groups in total. The van der Waals surface area contributed by atoms with Crippen LogP contribution < -0.4 is 4.74 Å². The van der Waals surface area contributed by atoms with Crippen molar-refractivity contribution in [2.75, 3.05) is 0 Å². The van der Waals surface area contributed by atoms with Gasteiger partial charge in [0.2, 0.25) is 0 Å². The summed E-state index contributed by atoms with van der Waals surface area (Å²) >= 11 is 0. The largest absolute Gasteiger partial charge is 0.435 e. The van der Waals surface area contributed by atoms with E-state index in [4.69, 9.17) is 4.74 Å². The molecule has 0 radical (unpaired) electrons. The molecule has 3 heterocycles. The molecule has 0 atom stereocenters. The molecule has 0 aromatic carbocycles. The quantitative estimate of drug-likeness (QED) is 0.756. The van der Waals surface area contributed by atoms with Crippen LogP contribution in [0.25, 0.3) is 11.1 Å². The van der Waals surface area contributed by atoms with Gasteiger partial charge in [-0.1, -0.05) is 6.07 Å². The van der Waals surface area contributed by atoms with Gasteiger partial charge in [0.25, 0.3) is 5.88 Å². The Kier molecular flexibility index (Phi) is 2.67. The van der Waals surface area contributed by atoms with Crippen molar-refractivity contribution >= 4 is 0 Å². The van der Waals surface area contributed by atoms with Gasteiger partial charge in [0.15, 0.2) is 0 Å². The van der Waals surface area contributed by atoms with Gasteiger partial charge < -0.3 is 4.74 Å². The van der Waals surface area contributed by atoms with E-state index < -0.39 is 0 Å². The maximum Gasteiger partial charge on any atom is 0.258 e. The molecule has 3 aromatic rings. The number of nitrogens with zero attached hydrogens (tertiary/aromatic N) is 4. The zero-order chi connectivity index (χ0) is 12.2. The molecule has 0 saturated carbocycles. The molecule has 0 fully saturated rings. The number of nitrogens with one attached hydrogen (secondary N) is 1. The minimum absolute atomic E-state index is 0.403. The molecule has 3 aromatic heterocycles. The first kappa shape index (κ1) is 10.4. The lowest BCUT2D eigenvalue weighted by atomic mass is 10.1. The van der Waals surface area contributed by atoms with Crippen molar-refractivity contribution in [3.05, 3.63) is 49.2 Å². The van der Waals surface area contributed by atoms with Crippen LogP contribution in [0.4, 0.5) is 0 Å². The van der Waals surface area contributed by atoms with Gasteiger partial charge in [0.05, 0.1) is 6.20 Å². The summed E-state index contributed by atoms with van der Waals surface area (Å²) in [5.74, 6) is 1.00. The molecule has 0 bridgehead atoms. The van der Waals surface area contributed by atoms with Crippen LogP contribution in [0.5, 0.6) is 11.6 Å². The Morgan fingerprint density at radius 1 is 1.00 bits per heavy atom. The molecular weight excluding hydrogens is 230 g/mol. The standard InChI is InChI=1S/C12H9N5O/c1-2-9(5-13-3-1)10-4-11(7-14-6-10)18-12-8-15-17-16-12/h1-8H,(H,15,16,17). The van der Waals surface area contributed by atoms with E-state index >= 15 is 0 Å². The number of aromatic amines is 1. The highest BCUT2D eigenvalue weighted by atomic mass is 16.5. The average Bonchev–Trinajstić information content (AvgIpc) is 2.93. The van der Waals surface area contributed by atoms with Crippen molar-refractivity contribution in [2.24, 2.45) is 0 Å². The lowest BCUT2D eigenvalue weighted by molar-refractivity contribution is 0.459. The highest BCUT2D eigenvalue weighted by Gasteiger charge is 2.03. The van der Waals surface area contributed by atoms with Gasteiger partial charge in [-0.05, 0) is 12.1 Å². The smallest absolute Gasteiger partial charge is 0.258 e. The predicted octanol–water partition coefficient (Wildman–Crippen LogP) is 2.05. The number of ether oxygens (including phenoxy) is 1. The third-order valence-corrected chi connectivity index (χ3v) is 2.32. The Hall–Kier alpha value is -2.76. The molecule has 0 aliphatic rings. The zero-order valence-electron chi connectivity index (χ0n) is 9.32. The second-order valence-corrected chi connectivity index (χ2v) is 3.56. The van der Waals surface area contributed by atoms with Crippen molar-refractivity contribution in [1.82, 2.24) is 25.4 Å². The third kappa shape index (κ3) is 2.17. The van der Waals surface area contributed by atoms with Crippen LogP contribution in [0.3, 0.4) is 0 Å². The minimum atomic E-state index is 0.403. The van der Waals surface area contributed by atoms with Gasteiger partial charge in [-0.2, -0.15) is 10.3 Å². The number of hydrogen-bond acceptors (Lipinski definition) is 5. The number of hydrogen-bond donors (Lipinski definition) is 1. The van der Waals surface area contributed by atoms with Crippen molar-refractivity contribution in [3.8, 4) is 22.8 Å². The summed E-state index contributed by atoms with van der Waals surface area (Å²) in [7, 11) is 0. The lowest BCUT2D eigenvalue weighted by Crippen LogP contribution is -1.87. The molecule has 0 aliphatic carbocycles. The van der Waals surface area contributed by atoms with Gasteiger partial charge in [0.1, 0.15) is 11.9 Å². The van der Waals surface area contributed by atoms with E-state index in [1.165, 1.54) is 6.20 Å². The van der Waals surface area contributed by atoms with E-state index in [-0.39, 0.29) is 0 Å². The summed E-state index contributed by atoms with van der Waals surface area (Å²) in [6.45, 7) is 0. The molecule has 6 heteroatoms. The summed E-state index contributed by atoms with van der Waals surface area (Å²) in [4.78, 5) is 8.20. The van der Waals surface area contributed by atoms with E-state index in [1.54, 1.807) is 24.8 Å². The molecule has 88 valence electrons. The Labute approximate surface area is 103 Å². The van der Waals surface area contributed by atoms with E-state index in [2.05, 4.69) is 25.4 Å². The Bertz CT molecular complexity index is 624. The van der Waals surface area contributed by atoms with E-state index in [0.717, 1.165) is 11.1 Å². The number of pyridine rings is 2. The SMILES string of the molecule is c1cncc(-c2cncc(Oc3cn[nH]n3)c2)c1. The van der Waals surface area contributed by atoms with Crippen LogP contribution >= 0.6 is 0 Å². The van der Waals surface area contributed by atoms with Gasteiger partial charge in [-0.25, -0.2) is 0 Å². The molecule has 0 aliphatic heterocycles. The molecule has 6 nitrogen and oxygen atoms in total. The van der Waals surface area contributed by atoms with Crippen molar-refractivity contribution in [2.45, 2.75) is 0 Å². The fourth-order valence-corrected chi connectivity index (χ4v) is 1.53. The topological polar surface area (TPSA) is 76.6 Å². The minimum Gasteiger partial charge on any atom is -0.435 e. The molecular formula is C12H9N5O. The Morgan fingerprint density at radius 3 is 2.72 bits per heavy atom. The lowest BCUT2D eigenvalue weighted by Gasteiger charge is -2.04. The summed E-state index contributed by atoms with van der Waals surface area (Å²) in [5, 5.41) is 9.96. The summed E-state index contributed by atoms with van der Waals surface area (Å²) in [6.07, 6.45) is 8.38. The Morgan fingerprint density at radius 2 is 1.94 bits per heavy atom. The number of rotatable bonds is 3. The van der Waals surface area contributed by atoms with Crippen LogP contribution in [0.15, 0.2) is 49.2 Å². The number of aromatic nitrogens is 5. The van der Waals surface area contributed by atoms with Crippen LogP contribution in [0, 0.1) is 0 Å². The van der Waals surface area contributed by atoms with Gasteiger partial charge in [-0.3, -0.25) is 9.97 Å².